The third kappa shape index (κ3) is 4.47. The number of thioether (sulfide) groups is 1. The number of nitrogens with one attached hydrogen (secondary N) is 1. The fourth-order valence-electron chi connectivity index (χ4n) is 3.51. The van der Waals surface area contributed by atoms with Gasteiger partial charge in [0.05, 0.1) is 16.7 Å². The van der Waals surface area contributed by atoms with E-state index in [2.05, 4.69) is 10.3 Å². The number of hydrogen-bond acceptors (Lipinski definition) is 4. The Kier molecular flexibility index (Phi) is 6.35. The Labute approximate surface area is 158 Å². The summed E-state index contributed by atoms with van der Waals surface area (Å²) in [5, 5.41) is 4.38. The highest BCUT2D eigenvalue weighted by Crippen LogP contribution is 2.21. The molecule has 140 valence electrons. The SMILES string of the molecule is CC(C)n1c(SCC(=O)NC2CCCCCC2)nc2ccccc2c1=O. The van der Waals surface area contributed by atoms with Crippen molar-refractivity contribution in [3.05, 3.63) is 34.6 Å². The Balaban J connectivity index is 1.74. The van der Waals surface area contributed by atoms with Crippen molar-refractivity contribution in [3.8, 4) is 0 Å². The molecule has 0 radical (unpaired) electrons. The molecule has 2 aromatic rings. The smallest absolute Gasteiger partial charge is 0.262 e. The number of fused-ring (bicyclic) bond motifs is 1. The van der Waals surface area contributed by atoms with Crippen LogP contribution in [0.2, 0.25) is 0 Å². The summed E-state index contributed by atoms with van der Waals surface area (Å²) in [5.41, 5.74) is 0.637. The molecule has 1 aliphatic carbocycles. The fourth-order valence-corrected chi connectivity index (χ4v) is 4.45. The molecule has 0 bridgehead atoms. The molecule has 3 rings (SSSR count). The van der Waals surface area contributed by atoms with Crippen molar-refractivity contribution in [2.45, 2.75) is 69.6 Å². The molecule has 1 fully saturated rings. The zero-order chi connectivity index (χ0) is 18.5. The number of carbonyl (C=O) groups excluding carboxylic acids is 1. The van der Waals surface area contributed by atoms with Crippen LogP contribution in [0.25, 0.3) is 10.9 Å². The normalized spacial score (nSPS) is 16.0. The maximum Gasteiger partial charge on any atom is 0.262 e. The van der Waals surface area contributed by atoms with E-state index in [1.165, 1.54) is 37.4 Å². The number of para-hydroxylation sites is 1. The van der Waals surface area contributed by atoms with Gasteiger partial charge in [0.15, 0.2) is 5.16 Å². The average Bonchev–Trinajstić information content (AvgIpc) is 2.88. The number of aromatic nitrogens is 2. The minimum absolute atomic E-state index is 0.00738. The minimum atomic E-state index is -0.0442. The Morgan fingerprint density at radius 1 is 1.23 bits per heavy atom. The molecular formula is C20H27N3O2S. The van der Waals surface area contributed by atoms with Gasteiger partial charge in [-0.25, -0.2) is 4.98 Å². The molecule has 0 atom stereocenters. The van der Waals surface area contributed by atoms with Crippen LogP contribution in [-0.4, -0.2) is 27.3 Å². The molecule has 1 aromatic carbocycles. The quantitative estimate of drug-likeness (QED) is 0.490. The van der Waals surface area contributed by atoms with E-state index in [1.54, 1.807) is 10.6 Å². The number of carbonyl (C=O) groups is 1. The van der Waals surface area contributed by atoms with Crippen LogP contribution in [0.4, 0.5) is 0 Å². The predicted octanol–water partition coefficient (Wildman–Crippen LogP) is 3.91. The molecular weight excluding hydrogens is 346 g/mol. The minimum Gasteiger partial charge on any atom is -0.353 e. The first-order valence-corrected chi connectivity index (χ1v) is 10.5. The largest absolute Gasteiger partial charge is 0.353 e. The van der Waals surface area contributed by atoms with Crippen LogP contribution in [-0.2, 0) is 4.79 Å². The lowest BCUT2D eigenvalue weighted by molar-refractivity contribution is -0.119. The highest BCUT2D eigenvalue weighted by Gasteiger charge is 2.17. The molecule has 1 aliphatic rings. The first-order chi connectivity index (χ1) is 12.6. The molecule has 1 heterocycles. The van der Waals surface area contributed by atoms with Gasteiger partial charge < -0.3 is 5.32 Å². The Hall–Kier alpha value is -1.82. The summed E-state index contributed by atoms with van der Waals surface area (Å²) in [5.74, 6) is 0.313. The molecule has 1 amide bonds. The summed E-state index contributed by atoms with van der Waals surface area (Å²) in [4.78, 5) is 29.8. The third-order valence-corrected chi connectivity index (χ3v) is 5.80. The lowest BCUT2D eigenvalue weighted by Crippen LogP contribution is -2.35. The molecule has 0 aliphatic heterocycles. The van der Waals surface area contributed by atoms with Gasteiger partial charge in [-0.3, -0.25) is 14.2 Å². The zero-order valence-electron chi connectivity index (χ0n) is 15.5. The second-order valence-corrected chi connectivity index (χ2v) is 8.17. The van der Waals surface area contributed by atoms with Gasteiger partial charge in [-0.15, -0.1) is 0 Å². The molecule has 0 saturated heterocycles. The summed E-state index contributed by atoms with van der Waals surface area (Å²) in [6, 6.07) is 7.66. The summed E-state index contributed by atoms with van der Waals surface area (Å²) in [6.45, 7) is 3.93. The maximum atomic E-state index is 12.8. The van der Waals surface area contributed by atoms with Crippen LogP contribution in [0.15, 0.2) is 34.2 Å². The summed E-state index contributed by atoms with van der Waals surface area (Å²) >= 11 is 1.35. The Bertz CT molecular complexity index is 823. The first-order valence-electron chi connectivity index (χ1n) is 9.49. The van der Waals surface area contributed by atoms with Crippen molar-refractivity contribution in [2.24, 2.45) is 0 Å². The molecule has 1 N–H and O–H groups in total. The van der Waals surface area contributed by atoms with Gasteiger partial charge in [0.25, 0.3) is 5.56 Å². The van der Waals surface area contributed by atoms with Crippen LogP contribution in [0.3, 0.4) is 0 Å². The molecule has 6 heteroatoms. The van der Waals surface area contributed by atoms with E-state index in [1.807, 2.05) is 32.0 Å². The highest BCUT2D eigenvalue weighted by atomic mass is 32.2. The van der Waals surface area contributed by atoms with E-state index >= 15 is 0 Å². The number of benzene rings is 1. The van der Waals surface area contributed by atoms with E-state index in [0.717, 1.165) is 12.8 Å². The standard InChI is InChI=1S/C20H27N3O2S/c1-14(2)23-19(25)16-11-7-8-12-17(16)22-20(23)26-13-18(24)21-15-9-5-3-4-6-10-15/h7-8,11-12,14-15H,3-6,9-10,13H2,1-2H3,(H,21,24). The predicted molar refractivity (Wildman–Crippen MR) is 107 cm³/mol. The second-order valence-electron chi connectivity index (χ2n) is 7.23. The molecule has 1 aromatic heterocycles. The van der Waals surface area contributed by atoms with Gasteiger partial charge >= 0.3 is 0 Å². The Morgan fingerprint density at radius 3 is 2.62 bits per heavy atom. The van der Waals surface area contributed by atoms with Crippen molar-refractivity contribution in [2.75, 3.05) is 5.75 Å². The van der Waals surface area contributed by atoms with Crippen LogP contribution in [0, 0.1) is 0 Å². The third-order valence-electron chi connectivity index (χ3n) is 4.84. The van der Waals surface area contributed by atoms with Crippen molar-refractivity contribution in [3.63, 3.8) is 0 Å². The number of hydrogen-bond donors (Lipinski definition) is 1. The van der Waals surface area contributed by atoms with Gasteiger partial charge in [-0.1, -0.05) is 49.6 Å². The number of amides is 1. The second kappa shape index (κ2) is 8.71. The average molecular weight is 374 g/mol. The van der Waals surface area contributed by atoms with Crippen molar-refractivity contribution < 1.29 is 4.79 Å². The lowest BCUT2D eigenvalue weighted by atomic mass is 10.1. The summed E-state index contributed by atoms with van der Waals surface area (Å²) < 4.78 is 1.69. The van der Waals surface area contributed by atoms with Crippen LogP contribution in [0.1, 0.15) is 58.4 Å². The van der Waals surface area contributed by atoms with E-state index in [-0.39, 0.29) is 23.3 Å². The van der Waals surface area contributed by atoms with E-state index < -0.39 is 0 Å². The first kappa shape index (κ1) is 19.0. The monoisotopic (exact) mass is 373 g/mol. The molecule has 0 spiro atoms. The van der Waals surface area contributed by atoms with Crippen LogP contribution in [0.5, 0.6) is 0 Å². The van der Waals surface area contributed by atoms with E-state index in [4.69, 9.17) is 0 Å². The van der Waals surface area contributed by atoms with E-state index in [0.29, 0.717) is 22.1 Å². The van der Waals surface area contributed by atoms with Gasteiger partial charge in [-0.2, -0.15) is 0 Å². The number of nitrogens with zero attached hydrogens (tertiary/aromatic N) is 2. The van der Waals surface area contributed by atoms with Crippen LogP contribution < -0.4 is 10.9 Å². The van der Waals surface area contributed by atoms with Gasteiger partial charge in [-0.05, 0) is 38.8 Å². The van der Waals surface area contributed by atoms with E-state index in [9.17, 15) is 9.59 Å². The topological polar surface area (TPSA) is 64.0 Å². The lowest BCUT2D eigenvalue weighted by Gasteiger charge is -2.18. The van der Waals surface area contributed by atoms with Crippen molar-refractivity contribution in [1.29, 1.82) is 0 Å². The number of rotatable bonds is 5. The van der Waals surface area contributed by atoms with Crippen molar-refractivity contribution in [1.82, 2.24) is 14.9 Å². The fraction of sp³-hybridized carbons (Fsp3) is 0.550. The summed E-state index contributed by atoms with van der Waals surface area (Å²) in [6.07, 6.45) is 7.06. The van der Waals surface area contributed by atoms with Crippen LogP contribution >= 0.6 is 11.8 Å². The zero-order valence-corrected chi connectivity index (χ0v) is 16.3. The maximum absolute atomic E-state index is 12.8. The summed E-state index contributed by atoms with van der Waals surface area (Å²) in [7, 11) is 0. The van der Waals surface area contributed by atoms with Gasteiger partial charge in [0.2, 0.25) is 5.91 Å². The Morgan fingerprint density at radius 2 is 1.92 bits per heavy atom. The molecule has 1 saturated carbocycles. The molecule has 0 unspecified atom stereocenters. The molecule has 26 heavy (non-hydrogen) atoms. The highest BCUT2D eigenvalue weighted by molar-refractivity contribution is 7.99. The van der Waals surface area contributed by atoms with Gasteiger partial charge in [0, 0.05) is 12.1 Å². The van der Waals surface area contributed by atoms with Gasteiger partial charge in [0.1, 0.15) is 0 Å². The molecule has 5 nitrogen and oxygen atoms in total. The van der Waals surface area contributed by atoms with Crippen molar-refractivity contribution >= 4 is 28.6 Å².